The van der Waals surface area contributed by atoms with Crippen LogP contribution in [-0.2, 0) is 6.54 Å². The minimum absolute atomic E-state index is 0.0718. The second kappa shape index (κ2) is 7.85. The number of amides is 1. The number of nitrogens with zero attached hydrogens (tertiary/aromatic N) is 1. The van der Waals surface area contributed by atoms with E-state index in [0.29, 0.717) is 11.1 Å². The summed E-state index contributed by atoms with van der Waals surface area (Å²) in [6, 6.07) is 12.9. The number of hydrogen-bond acceptors (Lipinski definition) is 3. The van der Waals surface area contributed by atoms with Crippen molar-refractivity contribution < 1.29 is 14.3 Å². The number of rotatable bonds is 6. The van der Waals surface area contributed by atoms with E-state index in [4.69, 9.17) is 0 Å². The molecule has 4 nitrogen and oxygen atoms in total. The summed E-state index contributed by atoms with van der Waals surface area (Å²) >= 11 is 0. The van der Waals surface area contributed by atoms with E-state index in [-0.39, 0.29) is 18.3 Å². The molecule has 0 radical (unpaired) electrons. The molecular formula is C18H21FN2O2. The Morgan fingerprint density at radius 3 is 2.57 bits per heavy atom. The molecule has 2 rings (SSSR count). The molecule has 122 valence electrons. The lowest BCUT2D eigenvalue weighted by molar-refractivity contribution is 0.0916. The van der Waals surface area contributed by atoms with E-state index >= 15 is 0 Å². The van der Waals surface area contributed by atoms with Gasteiger partial charge in [0.1, 0.15) is 5.82 Å². The summed E-state index contributed by atoms with van der Waals surface area (Å²) < 4.78 is 12.9. The van der Waals surface area contributed by atoms with Crippen molar-refractivity contribution in [2.24, 2.45) is 0 Å². The first-order valence-corrected chi connectivity index (χ1v) is 7.41. The molecule has 0 fully saturated rings. The van der Waals surface area contributed by atoms with Crippen molar-refractivity contribution in [3.8, 4) is 0 Å². The normalized spacial score (nSPS) is 12.2. The molecule has 0 aliphatic rings. The number of aliphatic hydroxyl groups is 1. The summed E-state index contributed by atoms with van der Waals surface area (Å²) in [5.74, 6) is -0.602. The van der Waals surface area contributed by atoms with Crippen LogP contribution in [0.15, 0.2) is 48.5 Å². The summed E-state index contributed by atoms with van der Waals surface area (Å²) in [5.41, 5.74) is 2.16. The molecule has 0 saturated carbocycles. The lowest BCUT2D eigenvalue weighted by Crippen LogP contribution is -2.28. The monoisotopic (exact) mass is 316 g/mol. The highest BCUT2D eigenvalue weighted by atomic mass is 19.1. The zero-order chi connectivity index (χ0) is 16.8. The van der Waals surface area contributed by atoms with Gasteiger partial charge < -0.3 is 15.3 Å². The van der Waals surface area contributed by atoms with Gasteiger partial charge in [-0.1, -0.05) is 24.3 Å². The van der Waals surface area contributed by atoms with Crippen LogP contribution in [0.5, 0.6) is 0 Å². The molecule has 0 spiro atoms. The van der Waals surface area contributed by atoms with Crippen molar-refractivity contribution in [3.05, 3.63) is 71.0 Å². The fourth-order valence-corrected chi connectivity index (χ4v) is 2.27. The summed E-state index contributed by atoms with van der Waals surface area (Å²) in [4.78, 5) is 14.2. The molecule has 0 aliphatic carbocycles. The lowest BCUT2D eigenvalue weighted by Gasteiger charge is -2.13. The van der Waals surface area contributed by atoms with E-state index in [2.05, 4.69) is 5.32 Å². The second-order valence-corrected chi connectivity index (χ2v) is 5.72. The van der Waals surface area contributed by atoms with Crippen LogP contribution in [0.1, 0.15) is 27.6 Å². The molecule has 1 unspecified atom stereocenters. The van der Waals surface area contributed by atoms with Gasteiger partial charge in [-0.15, -0.1) is 0 Å². The Bertz CT molecular complexity index is 656. The zero-order valence-corrected chi connectivity index (χ0v) is 13.3. The first kappa shape index (κ1) is 17.1. The number of carbonyl (C=O) groups is 1. The molecule has 1 amide bonds. The van der Waals surface area contributed by atoms with Crippen LogP contribution in [0.2, 0.25) is 0 Å². The summed E-state index contributed by atoms with van der Waals surface area (Å²) in [6.07, 6.45) is -0.871. The molecule has 0 aromatic heterocycles. The smallest absolute Gasteiger partial charge is 0.251 e. The van der Waals surface area contributed by atoms with Crippen LogP contribution < -0.4 is 5.32 Å². The molecular weight excluding hydrogens is 295 g/mol. The van der Waals surface area contributed by atoms with Gasteiger partial charge in [0, 0.05) is 18.7 Å². The standard InChI is InChI=1S/C18H21FN2O2/c1-21(2)12-13-4-3-5-15(10-13)18(23)20-11-17(22)14-6-8-16(19)9-7-14/h3-10,17,22H,11-12H2,1-2H3,(H,20,23). The molecule has 0 heterocycles. The molecule has 2 aromatic rings. The van der Waals surface area contributed by atoms with Crippen molar-refractivity contribution >= 4 is 5.91 Å². The predicted molar refractivity (Wildman–Crippen MR) is 87.5 cm³/mol. The first-order chi connectivity index (χ1) is 11.0. The third-order valence-corrected chi connectivity index (χ3v) is 3.40. The van der Waals surface area contributed by atoms with Crippen molar-refractivity contribution in [1.29, 1.82) is 0 Å². The third kappa shape index (κ3) is 5.16. The molecule has 0 aliphatic heterocycles. The summed E-state index contributed by atoms with van der Waals surface area (Å²) in [6.45, 7) is 0.821. The number of hydrogen-bond donors (Lipinski definition) is 2. The summed E-state index contributed by atoms with van der Waals surface area (Å²) in [7, 11) is 3.93. The highest BCUT2D eigenvalue weighted by Crippen LogP contribution is 2.13. The van der Waals surface area contributed by atoms with Crippen LogP contribution in [0.25, 0.3) is 0 Å². The number of carbonyl (C=O) groups excluding carboxylic acids is 1. The molecule has 1 atom stereocenters. The van der Waals surface area contributed by atoms with Crippen LogP contribution in [-0.4, -0.2) is 36.6 Å². The average Bonchev–Trinajstić information content (AvgIpc) is 2.52. The van der Waals surface area contributed by atoms with Gasteiger partial charge in [0.25, 0.3) is 5.91 Å². The molecule has 2 aromatic carbocycles. The number of benzene rings is 2. The fourth-order valence-electron chi connectivity index (χ4n) is 2.27. The van der Waals surface area contributed by atoms with E-state index in [1.807, 2.05) is 37.2 Å². The maximum atomic E-state index is 12.9. The van der Waals surface area contributed by atoms with Gasteiger partial charge in [0.2, 0.25) is 0 Å². The van der Waals surface area contributed by atoms with Gasteiger partial charge in [0.05, 0.1) is 6.10 Å². The van der Waals surface area contributed by atoms with Crippen molar-refractivity contribution in [2.75, 3.05) is 20.6 Å². The number of nitrogens with one attached hydrogen (secondary N) is 1. The highest BCUT2D eigenvalue weighted by molar-refractivity contribution is 5.94. The maximum absolute atomic E-state index is 12.9. The Hall–Kier alpha value is -2.24. The first-order valence-electron chi connectivity index (χ1n) is 7.41. The fraction of sp³-hybridized carbons (Fsp3) is 0.278. The SMILES string of the molecule is CN(C)Cc1cccc(C(=O)NCC(O)c2ccc(F)cc2)c1. The van der Waals surface area contributed by atoms with Gasteiger partial charge in [-0.2, -0.15) is 0 Å². The number of halogens is 1. The Balaban J connectivity index is 1.95. The van der Waals surface area contributed by atoms with Crippen LogP contribution in [0, 0.1) is 5.82 Å². The van der Waals surface area contributed by atoms with Gasteiger partial charge in [-0.05, 0) is 49.5 Å². The van der Waals surface area contributed by atoms with Gasteiger partial charge in [-0.3, -0.25) is 4.79 Å². The van der Waals surface area contributed by atoms with Crippen molar-refractivity contribution in [1.82, 2.24) is 10.2 Å². The molecule has 0 bridgehead atoms. The minimum atomic E-state index is -0.871. The lowest BCUT2D eigenvalue weighted by atomic mass is 10.1. The largest absolute Gasteiger partial charge is 0.387 e. The predicted octanol–water partition coefficient (Wildman–Crippen LogP) is 2.35. The molecule has 0 saturated heterocycles. The molecule has 2 N–H and O–H groups in total. The van der Waals surface area contributed by atoms with Crippen molar-refractivity contribution in [3.63, 3.8) is 0 Å². The Kier molecular flexibility index (Phi) is 5.84. The Morgan fingerprint density at radius 1 is 1.22 bits per heavy atom. The van der Waals surface area contributed by atoms with Crippen LogP contribution in [0.3, 0.4) is 0 Å². The zero-order valence-electron chi connectivity index (χ0n) is 13.3. The topological polar surface area (TPSA) is 52.6 Å². The van der Waals surface area contributed by atoms with E-state index in [0.717, 1.165) is 12.1 Å². The van der Waals surface area contributed by atoms with Crippen LogP contribution >= 0.6 is 0 Å². The van der Waals surface area contributed by atoms with E-state index in [1.54, 1.807) is 6.07 Å². The van der Waals surface area contributed by atoms with Gasteiger partial charge in [0.15, 0.2) is 0 Å². The van der Waals surface area contributed by atoms with Gasteiger partial charge in [-0.25, -0.2) is 4.39 Å². The second-order valence-electron chi connectivity index (χ2n) is 5.72. The highest BCUT2D eigenvalue weighted by Gasteiger charge is 2.11. The molecule has 23 heavy (non-hydrogen) atoms. The minimum Gasteiger partial charge on any atom is -0.387 e. The molecule has 5 heteroatoms. The maximum Gasteiger partial charge on any atom is 0.251 e. The van der Waals surface area contributed by atoms with E-state index in [1.165, 1.54) is 24.3 Å². The number of aliphatic hydroxyl groups excluding tert-OH is 1. The van der Waals surface area contributed by atoms with Crippen LogP contribution in [0.4, 0.5) is 4.39 Å². The van der Waals surface area contributed by atoms with E-state index < -0.39 is 6.10 Å². The Labute approximate surface area is 135 Å². The quantitative estimate of drug-likeness (QED) is 0.860. The summed E-state index contributed by atoms with van der Waals surface area (Å²) in [5, 5.41) is 12.7. The van der Waals surface area contributed by atoms with Crippen molar-refractivity contribution in [2.45, 2.75) is 12.6 Å². The van der Waals surface area contributed by atoms with E-state index in [9.17, 15) is 14.3 Å². The third-order valence-electron chi connectivity index (χ3n) is 3.40. The van der Waals surface area contributed by atoms with Gasteiger partial charge >= 0.3 is 0 Å². The Morgan fingerprint density at radius 2 is 1.91 bits per heavy atom. The average molecular weight is 316 g/mol.